The van der Waals surface area contributed by atoms with Gasteiger partial charge in [0.25, 0.3) is 0 Å². The van der Waals surface area contributed by atoms with E-state index in [4.69, 9.17) is 0 Å². The van der Waals surface area contributed by atoms with E-state index in [0.717, 1.165) is 12.0 Å². The Kier molecular flexibility index (Phi) is 3.15. The summed E-state index contributed by atoms with van der Waals surface area (Å²) in [5.74, 6) is 0.238. The van der Waals surface area contributed by atoms with E-state index >= 15 is 0 Å². The predicted molar refractivity (Wildman–Crippen MR) is 52.4 cm³/mol. The third-order valence-electron chi connectivity index (χ3n) is 2.15. The molecule has 0 saturated carbocycles. The van der Waals surface area contributed by atoms with Crippen LogP contribution in [0.2, 0.25) is 0 Å². The van der Waals surface area contributed by atoms with Crippen molar-refractivity contribution < 1.29 is 4.39 Å². The van der Waals surface area contributed by atoms with Crippen molar-refractivity contribution in [2.24, 2.45) is 0 Å². The first-order valence-corrected chi connectivity index (χ1v) is 4.58. The molecule has 0 N–H and O–H groups in total. The van der Waals surface area contributed by atoms with Crippen LogP contribution in [0.4, 0.5) is 4.39 Å². The van der Waals surface area contributed by atoms with E-state index in [1.165, 1.54) is 6.07 Å². The van der Waals surface area contributed by atoms with Crippen LogP contribution in [0.3, 0.4) is 0 Å². The van der Waals surface area contributed by atoms with E-state index in [1.807, 2.05) is 6.07 Å². The Morgan fingerprint density at radius 3 is 2.67 bits per heavy atom. The summed E-state index contributed by atoms with van der Waals surface area (Å²) in [6.07, 6.45) is 1.07. The second-order valence-corrected chi connectivity index (χ2v) is 3.50. The van der Waals surface area contributed by atoms with Crippen LogP contribution in [0, 0.1) is 5.82 Å². The van der Waals surface area contributed by atoms with Crippen LogP contribution in [-0.4, -0.2) is 0 Å². The molecule has 0 amide bonds. The van der Waals surface area contributed by atoms with Crippen molar-refractivity contribution in [2.75, 3.05) is 0 Å². The van der Waals surface area contributed by atoms with Crippen molar-refractivity contribution >= 4 is 12.6 Å². The van der Waals surface area contributed by atoms with Crippen LogP contribution in [-0.2, 0) is 0 Å². The third kappa shape index (κ3) is 2.01. The normalized spacial score (nSPS) is 13.0. The summed E-state index contributed by atoms with van der Waals surface area (Å²) in [5, 5.41) is 0. The van der Waals surface area contributed by atoms with Crippen molar-refractivity contribution in [3.63, 3.8) is 0 Å². The molecule has 0 aliphatic carbocycles. The molecule has 1 unspecified atom stereocenters. The number of benzene rings is 1. The Labute approximate surface area is 78.2 Å². The molecule has 1 rings (SSSR count). The van der Waals surface area contributed by atoms with E-state index in [-0.39, 0.29) is 5.82 Å². The summed E-state index contributed by atoms with van der Waals surface area (Å²) < 4.78 is 12.8. The molecule has 0 heterocycles. The maximum atomic E-state index is 12.8. The van der Waals surface area contributed by atoms with Crippen molar-refractivity contribution in [3.8, 4) is 0 Å². The molecule has 0 aromatic heterocycles. The first-order valence-electron chi connectivity index (χ1n) is 4.13. The zero-order valence-electron chi connectivity index (χ0n) is 7.34. The average molecular weight is 184 g/mol. The fourth-order valence-electron chi connectivity index (χ4n) is 1.07. The molecule has 0 saturated heterocycles. The molecule has 12 heavy (non-hydrogen) atoms. The molecule has 0 nitrogen and oxygen atoms in total. The predicted octanol–water partition coefficient (Wildman–Crippen LogP) is 3.63. The van der Waals surface area contributed by atoms with Gasteiger partial charge in [-0.25, -0.2) is 4.39 Å². The molecule has 0 radical (unpaired) electrons. The first-order chi connectivity index (χ1) is 5.65. The zero-order valence-corrected chi connectivity index (χ0v) is 8.24. The Balaban J connectivity index is 2.96. The first kappa shape index (κ1) is 9.59. The molecule has 0 fully saturated rings. The van der Waals surface area contributed by atoms with Crippen molar-refractivity contribution in [1.82, 2.24) is 0 Å². The number of halogens is 1. The quantitative estimate of drug-likeness (QED) is 0.667. The minimum absolute atomic E-state index is 0.245. The second-order valence-electron chi connectivity index (χ2n) is 3.02. The molecule has 1 aromatic carbocycles. The van der Waals surface area contributed by atoms with Crippen molar-refractivity contribution in [2.45, 2.75) is 31.1 Å². The second kappa shape index (κ2) is 3.94. The van der Waals surface area contributed by atoms with Gasteiger partial charge >= 0.3 is 0 Å². The lowest BCUT2D eigenvalue weighted by Gasteiger charge is -2.09. The zero-order chi connectivity index (χ0) is 9.14. The number of rotatable bonds is 2. The van der Waals surface area contributed by atoms with Crippen molar-refractivity contribution in [1.29, 1.82) is 0 Å². The number of thiol groups is 1. The molecule has 1 aromatic rings. The lowest BCUT2D eigenvalue weighted by molar-refractivity contribution is 0.599. The Bertz CT molecular complexity index is 271. The van der Waals surface area contributed by atoms with Gasteiger partial charge < -0.3 is 0 Å². The maximum absolute atomic E-state index is 12.8. The van der Waals surface area contributed by atoms with Gasteiger partial charge in [-0.3, -0.25) is 0 Å². The van der Waals surface area contributed by atoms with Gasteiger partial charge in [0.15, 0.2) is 0 Å². The van der Waals surface area contributed by atoms with Crippen LogP contribution in [0.15, 0.2) is 23.1 Å². The molecule has 1 atom stereocenters. The minimum atomic E-state index is -0.245. The Morgan fingerprint density at radius 2 is 2.17 bits per heavy atom. The molecule has 0 aliphatic rings. The molecule has 2 heteroatoms. The Hall–Kier alpha value is -0.500. The van der Waals surface area contributed by atoms with Gasteiger partial charge in [0, 0.05) is 4.90 Å². The smallest absolute Gasteiger partial charge is 0.136 e. The molecular weight excluding hydrogens is 171 g/mol. The highest BCUT2D eigenvalue weighted by molar-refractivity contribution is 7.80. The van der Waals surface area contributed by atoms with Crippen LogP contribution in [0.1, 0.15) is 31.7 Å². The standard InChI is InChI=1S/C10H13FS/c1-3-7(2)8-4-5-9(11)10(12)6-8/h4-7,12H,3H2,1-2H3. The maximum Gasteiger partial charge on any atom is 0.136 e. The van der Waals surface area contributed by atoms with Gasteiger partial charge in [0.05, 0.1) is 0 Å². The molecular formula is C10H13FS. The summed E-state index contributed by atoms with van der Waals surface area (Å²) in [6, 6.07) is 5.10. The van der Waals surface area contributed by atoms with Gasteiger partial charge in [-0.2, -0.15) is 0 Å². The van der Waals surface area contributed by atoms with E-state index in [2.05, 4.69) is 26.5 Å². The van der Waals surface area contributed by atoms with Crippen LogP contribution < -0.4 is 0 Å². The lowest BCUT2D eigenvalue weighted by atomic mass is 9.99. The molecule has 0 bridgehead atoms. The van der Waals surface area contributed by atoms with E-state index in [0.29, 0.717) is 10.8 Å². The topological polar surface area (TPSA) is 0 Å². The number of hydrogen-bond acceptors (Lipinski definition) is 1. The number of hydrogen-bond donors (Lipinski definition) is 1. The summed E-state index contributed by atoms with van der Waals surface area (Å²) in [4.78, 5) is 0.438. The van der Waals surface area contributed by atoms with Crippen LogP contribution >= 0.6 is 12.6 Å². The van der Waals surface area contributed by atoms with Gasteiger partial charge in [-0.05, 0) is 30.0 Å². The van der Waals surface area contributed by atoms with Gasteiger partial charge in [-0.15, -0.1) is 12.6 Å². The monoisotopic (exact) mass is 184 g/mol. The molecule has 0 aliphatic heterocycles. The summed E-state index contributed by atoms with van der Waals surface area (Å²) in [7, 11) is 0. The van der Waals surface area contributed by atoms with Gasteiger partial charge in [0.1, 0.15) is 5.82 Å². The van der Waals surface area contributed by atoms with E-state index in [1.54, 1.807) is 6.07 Å². The van der Waals surface area contributed by atoms with E-state index < -0.39 is 0 Å². The lowest BCUT2D eigenvalue weighted by Crippen LogP contribution is -1.91. The van der Waals surface area contributed by atoms with E-state index in [9.17, 15) is 4.39 Å². The van der Waals surface area contributed by atoms with Crippen LogP contribution in [0.5, 0.6) is 0 Å². The van der Waals surface area contributed by atoms with Gasteiger partial charge in [0.2, 0.25) is 0 Å². The highest BCUT2D eigenvalue weighted by Gasteiger charge is 2.04. The SMILES string of the molecule is CCC(C)c1ccc(F)c(S)c1. The highest BCUT2D eigenvalue weighted by Crippen LogP contribution is 2.22. The highest BCUT2D eigenvalue weighted by atomic mass is 32.1. The minimum Gasteiger partial charge on any atom is -0.206 e. The van der Waals surface area contributed by atoms with Gasteiger partial charge in [-0.1, -0.05) is 19.9 Å². The largest absolute Gasteiger partial charge is 0.206 e. The summed E-state index contributed by atoms with van der Waals surface area (Å²) >= 11 is 4.03. The van der Waals surface area contributed by atoms with Crippen molar-refractivity contribution in [3.05, 3.63) is 29.6 Å². The Morgan fingerprint density at radius 1 is 1.50 bits per heavy atom. The average Bonchev–Trinajstić information content (AvgIpc) is 2.08. The summed E-state index contributed by atoms with van der Waals surface area (Å²) in [6.45, 7) is 4.24. The summed E-state index contributed by atoms with van der Waals surface area (Å²) in [5.41, 5.74) is 1.16. The fourth-order valence-corrected chi connectivity index (χ4v) is 1.30. The molecule has 66 valence electrons. The molecule has 0 spiro atoms. The van der Waals surface area contributed by atoms with Crippen LogP contribution in [0.25, 0.3) is 0 Å². The fraction of sp³-hybridized carbons (Fsp3) is 0.400. The third-order valence-corrected chi connectivity index (χ3v) is 2.49.